The normalized spacial score (nSPS) is 14.2. The van der Waals surface area contributed by atoms with Crippen LogP contribution in [0.15, 0.2) is 24.3 Å². The molecule has 0 heterocycles. The second-order valence-electron chi connectivity index (χ2n) is 3.71. The Bertz CT molecular complexity index is 226. The average Bonchev–Trinajstić information content (AvgIpc) is 2.17. The van der Waals surface area contributed by atoms with E-state index < -0.39 is 0 Å². The molecule has 2 heteroatoms. The van der Waals surface area contributed by atoms with Crippen LogP contribution in [0.4, 0.5) is 0 Å². The second-order valence-corrected chi connectivity index (χ2v) is 3.71. The van der Waals surface area contributed by atoms with Crippen molar-refractivity contribution in [2.45, 2.75) is 32.7 Å². The smallest absolute Gasteiger partial charge is 0.0310 e. The fourth-order valence-electron chi connectivity index (χ4n) is 1.11. The number of nitrogens with one attached hydrogen (secondary N) is 1. The zero-order chi connectivity index (χ0) is 11.1. The molecule has 14 heavy (non-hydrogen) atoms. The SMILES string of the molecule is C=CC(=CCC(=N)CC)C(C)N(C)C. The van der Waals surface area contributed by atoms with Crippen molar-refractivity contribution >= 4 is 5.71 Å². The van der Waals surface area contributed by atoms with Crippen LogP contribution in [0.1, 0.15) is 26.7 Å². The van der Waals surface area contributed by atoms with Crippen LogP contribution in [0, 0.1) is 5.41 Å². The van der Waals surface area contributed by atoms with Gasteiger partial charge in [0.2, 0.25) is 0 Å². The van der Waals surface area contributed by atoms with E-state index in [1.165, 1.54) is 5.57 Å². The largest absolute Gasteiger partial charge is 0.309 e. The van der Waals surface area contributed by atoms with Crippen LogP contribution in [0.3, 0.4) is 0 Å². The molecule has 0 rings (SSSR count). The van der Waals surface area contributed by atoms with Crippen molar-refractivity contribution in [3.8, 4) is 0 Å². The van der Waals surface area contributed by atoms with Crippen LogP contribution in [-0.4, -0.2) is 30.7 Å². The van der Waals surface area contributed by atoms with Crippen molar-refractivity contribution < 1.29 is 0 Å². The predicted octanol–water partition coefficient (Wildman–Crippen LogP) is 2.87. The Labute approximate surface area is 87.8 Å². The molecule has 1 N–H and O–H groups in total. The first-order valence-corrected chi connectivity index (χ1v) is 5.08. The summed E-state index contributed by atoms with van der Waals surface area (Å²) in [5.41, 5.74) is 1.98. The topological polar surface area (TPSA) is 27.1 Å². The highest BCUT2D eigenvalue weighted by Crippen LogP contribution is 2.09. The first-order valence-electron chi connectivity index (χ1n) is 5.08. The number of rotatable bonds is 6. The Morgan fingerprint density at radius 2 is 2.07 bits per heavy atom. The van der Waals surface area contributed by atoms with Gasteiger partial charge >= 0.3 is 0 Å². The van der Waals surface area contributed by atoms with Crippen LogP contribution in [0.2, 0.25) is 0 Å². The minimum Gasteiger partial charge on any atom is -0.309 e. The van der Waals surface area contributed by atoms with E-state index in [0.717, 1.165) is 18.6 Å². The van der Waals surface area contributed by atoms with Gasteiger partial charge in [0.25, 0.3) is 0 Å². The van der Waals surface area contributed by atoms with E-state index in [9.17, 15) is 0 Å². The maximum Gasteiger partial charge on any atom is 0.0310 e. The van der Waals surface area contributed by atoms with Gasteiger partial charge in [-0.1, -0.05) is 25.7 Å². The Morgan fingerprint density at radius 3 is 2.43 bits per heavy atom. The van der Waals surface area contributed by atoms with Crippen molar-refractivity contribution in [3.05, 3.63) is 24.3 Å². The Hall–Kier alpha value is -0.890. The molecule has 0 bridgehead atoms. The molecule has 0 aliphatic carbocycles. The van der Waals surface area contributed by atoms with Crippen LogP contribution in [0.25, 0.3) is 0 Å². The molecule has 2 nitrogen and oxygen atoms in total. The molecular formula is C12H22N2. The zero-order valence-electron chi connectivity index (χ0n) is 9.80. The second kappa shape index (κ2) is 6.55. The molecule has 1 atom stereocenters. The van der Waals surface area contributed by atoms with Crippen LogP contribution in [0.5, 0.6) is 0 Å². The summed E-state index contributed by atoms with van der Waals surface area (Å²) in [5, 5.41) is 7.56. The van der Waals surface area contributed by atoms with Gasteiger partial charge < -0.3 is 10.3 Å². The molecule has 0 aliphatic rings. The Kier molecular flexibility index (Phi) is 6.13. The minimum atomic E-state index is 0.372. The number of hydrogen-bond donors (Lipinski definition) is 1. The lowest BCUT2D eigenvalue weighted by molar-refractivity contribution is 0.354. The van der Waals surface area contributed by atoms with Gasteiger partial charge in [0.1, 0.15) is 0 Å². The van der Waals surface area contributed by atoms with E-state index in [4.69, 9.17) is 5.41 Å². The third kappa shape index (κ3) is 4.38. The van der Waals surface area contributed by atoms with Gasteiger partial charge in [-0.2, -0.15) is 0 Å². The predicted molar refractivity (Wildman–Crippen MR) is 64.1 cm³/mol. The zero-order valence-corrected chi connectivity index (χ0v) is 9.80. The van der Waals surface area contributed by atoms with E-state index >= 15 is 0 Å². The third-order valence-corrected chi connectivity index (χ3v) is 2.50. The van der Waals surface area contributed by atoms with Crippen molar-refractivity contribution in [1.82, 2.24) is 4.90 Å². The number of nitrogens with zero attached hydrogens (tertiary/aromatic N) is 1. The molecule has 0 radical (unpaired) electrons. The van der Waals surface area contributed by atoms with Crippen LogP contribution < -0.4 is 0 Å². The van der Waals surface area contributed by atoms with Crippen LogP contribution >= 0.6 is 0 Å². The molecule has 0 saturated heterocycles. The van der Waals surface area contributed by atoms with Crippen molar-refractivity contribution in [2.24, 2.45) is 0 Å². The monoisotopic (exact) mass is 194 g/mol. The van der Waals surface area contributed by atoms with Gasteiger partial charge in [-0.05, 0) is 33.0 Å². The molecule has 80 valence electrons. The number of hydrogen-bond acceptors (Lipinski definition) is 2. The molecule has 0 aliphatic heterocycles. The summed E-state index contributed by atoms with van der Waals surface area (Å²) in [4.78, 5) is 2.14. The van der Waals surface area contributed by atoms with Crippen molar-refractivity contribution in [2.75, 3.05) is 14.1 Å². The van der Waals surface area contributed by atoms with Gasteiger partial charge in [-0.3, -0.25) is 0 Å². The van der Waals surface area contributed by atoms with E-state index in [2.05, 4.69) is 24.5 Å². The summed E-state index contributed by atoms with van der Waals surface area (Å²) >= 11 is 0. The molecule has 1 unspecified atom stereocenters. The highest BCUT2D eigenvalue weighted by Gasteiger charge is 2.07. The van der Waals surface area contributed by atoms with Crippen molar-refractivity contribution in [3.63, 3.8) is 0 Å². The fourth-order valence-corrected chi connectivity index (χ4v) is 1.11. The third-order valence-electron chi connectivity index (χ3n) is 2.50. The Morgan fingerprint density at radius 1 is 1.50 bits per heavy atom. The summed E-state index contributed by atoms with van der Waals surface area (Å²) in [6, 6.07) is 0.372. The summed E-state index contributed by atoms with van der Waals surface area (Å²) in [5.74, 6) is 0. The first-order chi connectivity index (χ1) is 6.52. The van der Waals surface area contributed by atoms with Crippen LogP contribution in [-0.2, 0) is 0 Å². The molecule has 0 amide bonds. The first kappa shape index (κ1) is 13.1. The lowest BCUT2D eigenvalue weighted by atomic mass is 10.0. The lowest BCUT2D eigenvalue weighted by Crippen LogP contribution is -2.25. The van der Waals surface area contributed by atoms with Gasteiger partial charge in [0.15, 0.2) is 0 Å². The standard InChI is InChI=1S/C12H22N2/c1-6-11(10(3)14(4)5)8-9-12(13)7-2/h6,8,10,13H,1,7,9H2,2-5H3. The summed E-state index contributed by atoms with van der Waals surface area (Å²) in [6.45, 7) is 7.96. The van der Waals surface area contributed by atoms with Gasteiger partial charge in [0, 0.05) is 18.2 Å². The maximum absolute atomic E-state index is 7.56. The van der Waals surface area contributed by atoms with Gasteiger partial charge in [0.05, 0.1) is 0 Å². The molecule has 0 aromatic carbocycles. The highest BCUT2D eigenvalue weighted by molar-refractivity contribution is 5.82. The number of allylic oxidation sites excluding steroid dienone is 1. The van der Waals surface area contributed by atoms with E-state index in [1.807, 2.05) is 27.1 Å². The van der Waals surface area contributed by atoms with Crippen molar-refractivity contribution in [1.29, 1.82) is 5.41 Å². The van der Waals surface area contributed by atoms with E-state index in [-0.39, 0.29) is 0 Å². The molecule has 0 fully saturated rings. The van der Waals surface area contributed by atoms with Gasteiger partial charge in [-0.25, -0.2) is 0 Å². The number of likely N-dealkylation sites (N-methyl/N-ethyl adjacent to an activating group) is 1. The fraction of sp³-hybridized carbons (Fsp3) is 0.583. The highest BCUT2D eigenvalue weighted by atomic mass is 15.1. The van der Waals surface area contributed by atoms with E-state index in [0.29, 0.717) is 6.04 Å². The summed E-state index contributed by atoms with van der Waals surface area (Å²) < 4.78 is 0. The molecular weight excluding hydrogens is 172 g/mol. The molecule has 0 aromatic rings. The molecule has 0 spiro atoms. The average molecular weight is 194 g/mol. The minimum absolute atomic E-state index is 0.372. The maximum atomic E-state index is 7.56. The molecule has 0 saturated carbocycles. The summed E-state index contributed by atoms with van der Waals surface area (Å²) in [7, 11) is 4.10. The Balaban J connectivity index is 4.39. The molecule has 0 aromatic heterocycles. The lowest BCUT2D eigenvalue weighted by Gasteiger charge is -2.21. The van der Waals surface area contributed by atoms with E-state index in [1.54, 1.807) is 0 Å². The van der Waals surface area contributed by atoms with Gasteiger partial charge in [-0.15, -0.1) is 0 Å². The summed E-state index contributed by atoms with van der Waals surface area (Å²) in [6.07, 6.45) is 5.56. The quantitative estimate of drug-likeness (QED) is 0.511.